The van der Waals surface area contributed by atoms with E-state index in [2.05, 4.69) is 71.9 Å². The van der Waals surface area contributed by atoms with Crippen molar-refractivity contribution in [2.75, 3.05) is 56.5 Å². The molecule has 0 spiro atoms. The molecule has 2 aromatic carbocycles. The molecule has 10 heterocycles. The molecular weight excluding hydrogens is 1140 g/mol. The van der Waals surface area contributed by atoms with Crippen LogP contribution in [0.2, 0.25) is 0 Å². The summed E-state index contributed by atoms with van der Waals surface area (Å²) in [6.45, 7) is 5.84. The van der Waals surface area contributed by atoms with Crippen LogP contribution >= 0.6 is 0 Å². The summed E-state index contributed by atoms with van der Waals surface area (Å²) in [6, 6.07) is 57.9. The zero-order valence-corrected chi connectivity index (χ0v) is 51.9. The number of pyridine rings is 9. The van der Waals surface area contributed by atoms with Crippen LogP contribution in [0.1, 0.15) is 67.7 Å². The highest BCUT2D eigenvalue weighted by Crippen LogP contribution is 2.18. The molecule has 19 heteroatoms. The predicted molar refractivity (Wildman–Crippen MR) is 357 cm³/mol. The molecular formula is C72H75N13O6. The third kappa shape index (κ3) is 31.3. The van der Waals surface area contributed by atoms with Crippen molar-refractivity contribution in [1.29, 1.82) is 5.26 Å². The highest BCUT2D eigenvalue weighted by atomic mass is 16.5. The fraction of sp³-hybridized carbons (Fsp3) is 0.153. The molecule has 0 bridgehead atoms. The van der Waals surface area contributed by atoms with E-state index >= 15 is 0 Å². The number of para-hydroxylation sites is 1. The van der Waals surface area contributed by atoms with Crippen LogP contribution < -0.4 is 19.9 Å². The van der Waals surface area contributed by atoms with Crippen LogP contribution in [0.15, 0.2) is 275 Å². The maximum Gasteiger partial charge on any atom is 0.339 e. The van der Waals surface area contributed by atoms with Crippen LogP contribution in [-0.2, 0) is 11.2 Å². The highest BCUT2D eigenvalue weighted by Gasteiger charge is 2.11. The van der Waals surface area contributed by atoms with Crippen molar-refractivity contribution in [3.05, 3.63) is 308 Å². The fourth-order valence-corrected chi connectivity index (χ4v) is 7.25. The molecule has 9 aromatic heterocycles. The molecule has 1 aliphatic heterocycles. The number of aromatic nitrogens is 9. The van der Waals surface area contributed by atoms with Gasteiger partial charge in [-0.25, -0.2) is 14.8 Å². The topological polar surface area (TPSA) is 248 Å². The molecule has 12 rings (SSSR count). The van der Waals surface area contributed by atoms with Gasteiger partial charge in [0.05, 0.1) is 38.5 Å². The van der Waals surface area contributed by atoms with Crippen molar-refractivity contribution in [2.45, 2.75) is 33.1 Å². The van der Waals surface area contributed by atoms with E-state index < -0.39 is 0 Å². The lowest BCUT2D eigenvalue weighted by atomic mass is 10.1. The van der Waals surface area contributed by atoms with E-state index in [1.165, 1.54) is 63.7 Å². The van der Waals surface area contributed by atoms with E-state index in [9.17, 15) is 14.4 Å². The number of esters is 1. The number of Topliss-reactive ketones (excluding diaryl/α,β-unsaturated/α-hetero) is 1. The molecule has 1 aliphatic rings. The number of methoxy groups -OCH3 is 2. The number of rotatable bonds is 10. The van der Waals surface area contributed by atoms with Gasteiger partial charge in [-0.2, -0.15) is 5.26 Å². The van der Waals surface area contributed by atoms with Crippen LogP contribution in [0, 0.1) is 18.3 Å². The number of nitrogens with zero attached hydrogens (tertiary/aromatic N) is 12. The quantitative estimate of drug-likeness (QED) is 0.0954. The summed E-state index contributed by atoms with van der Waals surface area (Å²) in [6.07, 6.45) is 28.2. The lowest BCUT2D eigenvalue weighted by Gasteiger charge is -2.16. The number of nitrogens with one attached hydrogen (secondary N) is 1. The van der Waals surface area contributed by atoms with Crippen molar-refractivity contribution in [1.82, 2.24) is 44.9 Å². The average Bonchev–Trinajstić information content (AvgIpc) is 4.35. The summed E-state index contributed by atoms with van der Waals surface area (Å²) >= 11 is 0. The van der Waals surface area contributed by atoms with Crippen LogP contribution in [0.3, 0.4) is 0 Å². The number of benzene rings is 2. The number of ketones is 2. The molecule has 91 heavy (non-hydrogen) atoms. The number of hydrogen-bond donors (Lipinski definition) is 2. The van der Waals surface area contributed by atoms with Gasteiger partial charge in [-0.15, -0.1) is 0 Å². The highest BCUT2D eigenvalue weighted by molar-refractivity contribution is 6.08. The average molecular weight is 1220 g/mol. The summed E-state index contributed by atoms with van der Waals surface area (Å²) in [5.41, 5.74) is 8.02. The Morgan fingerprint density at radius 3 is 1.51 bits per heavy atom. The Bertz CT molecular complexity index is 3570. The van der Waals surface area contributed by atoms with Gasteiger partial charge >= 0.3 is 5.97 Å². The van der Waals surface area contributed by atoms with Crippen LogP contribution in [0.4, 0.5) is 22.9 Å². The first kappa shape index (κ1) is 71.6. The lowest BCUT2D eigenvalue weighted by Crippen LogP contribution is -2.17. The SMILES string of the molecule is CC(=O)c1ccncc1.CN(C)c1ccncc1.COC(=O)c1cccnc1.COc1ccccn1.Cc1ccc(O)cn1.N#CCc1cccnc1.O=C(c1ccccc1)c1ccncc1.c1cc(N2CCCC2)ccn1.c1ccc(Nc2ccccn2)cc1. The molecule has 19 nitrogen and oxygen atoms in total. The largest absolute Gasteiger partial charge is 0.506 e. The second-order valence-electron chi connectivity index (χ2n) is 18.9. The van der Waals surface area contributed by atoms with E-state index in [-0.39, 0.29) is 23.3 Å². The second-order valence-corrected chi connectivity index (χ2v) is 18.9. The van der Waals surface area contributed by atoms with Crippen molar-refractivity contribution >= 4 is 40.4 Å². The van der Waals surface area contributed by atoms with Crippen molar-refractivity contribution < 1.29 is 29.0 Å². The Hall–Kier alpha value is -11.9. The first-order chi connectivity index (χ1) is 44.4. The Morgan fingerprint density at radius 1 is 0.538 bits per heavy atom. The number of carbonyl (C=O) groups excluding carboxylic acids is 3. The van der Waals surface area contributed by atoms with Gasteiger partial charge in [0.2, 0.25) is 5.88 Å². The number of carbonyl (C=O) groups is 3. The van der Waals surface area contributed by atoms with Crippen molar-refractivity contribution in [2.24, 2.45) is 0 Å². The number of nitriles is 1. The first-order valence-corrected chi connectivity index (χ1v) is 28.6. The number of aromatic hydroxyl groups is 1. The minimum atomic E-state index is -0.354. The zero-order chi connectivity index (χ0) is 65.4. The van der Waals surface area contributed by atoms with Gasteiger partial charge in [-0.3, -0.25) is 44.5 Å². The van der Waals surface area contributed by atoms with Crippen LogP contribution in [0.5, 0.6) is 11.6 Å². The van der Waals surface area contributed by atoms with Gasteiger partial charge in [-0.05, 0) is 141 Å². The van der Waals surface area contributed by atoms with E-state index in [0.29, 0.717) is 34.6 Å². The summed E-state index contributed by atoms with van der Waals surface area (Å²) in [5, 5.41) is 20.1. The molecule has 0 amide bonds. The normalized spacial score (nSPS) is 10.1. The minimum Gasteiger partial charge on any atom is -0.506 e. The Morgan fingerprint density at radius 2 is 1.07 bits per heavy atom. The molecule has 1 saturated heterocycles. The standard InChI is InChI=1S/C12H9NO.C11H10N2.C9H12N2.C7H10N2.C7H6N2.C7H7NO2.C7H7NO.2C6H7NO/c14-12(10-4-2-1-3-5-10)11-6-8-13-9-7-11;1-2-6-10(7-3-1)13-11-8-4-5-9-12-11;1-2-8-11(7-1)9-3-5-10-6-4-9;1-9(2)7-3-5-8-6-4-7;8-4-3-7-2-1-5-9-6-7;1-10-7(9)6-3-2-4-8-5-6;1-6(9)7-2-4-8-5-3-7;1-5-2-3-6(8)4-7-5;1-8-6-4-2-3-5-7-6/h1-9H;1-9H,(H,12,13);3-6H,1-2,7-8H2;3-6H,1-2H3;1-2,5-6H,3H2;2-5H,1H3;2-5H,1H3;2-4,8H,1H3;2-5H,1H3. The first-order valence-electron chi connectivity index (χ1n) is 28.6. The van der Waals surface area contributed by atoms with E-state index in [4.69, 9.17) is 15.1 Å². The van der Waals surface area contributed by atoms with E-state index in [1.54, 1.807) is 130 Å². The van der Waals surface area contributed by atoms with Gasteiger partial charge in [0.1, 0.15) is 11.6 Å². The molecule has 1 fully saturated rings. The van der Waals surface area contributed by atoms with Crippen LogP contribution in [0.25, 0.3) is 0 Å². The second kappa shape index (κ2) is 44.5. The lowest BCUT2D eigenvalue weighted by molar-refractivity contribution is 0.0600. The van der Waals surface area contributed by atoms with Gasteiger partial charge in [0, 0.05) is 159 Å². The van der Waals surface area contributed by atoms with E-state index in [1.807, 2.05) is 160 Å². The van der Waals surface area contributed by atoms with Gasteiger partial charge in [0.25, 0.3) is 0 Å². The van der Waals surface area contributed by atoms with Gasteiger partial charge in [0.15, 0.2) is 11.6 Å². The predicted octanol–water partition coefficient (Wildman–Crippen LogP) is 13.5. The molecule has 0 saturated carbocycles. The summed E-state index contributed by atoms with van der Waals surface area (Å²) in [7, 11) is 6.96. The smallest absolute Gasteiger partial charge is 0.339 e. The van der Waals surface area contributed by atoms with Crippen LogP contribution in [-0.4, -0.2) is 109 Å². The van der Waals surface area contributed by atoms with E-state index in [0.717, 1.165) is 22.8 Å². The van der Waals surface area contributed by atoms with Crippen molar-refractivity contribution in [3.8, 4) is 17.7 Å². The molecule has 2 N–H and O–H groups in total. The monoisotopic (exact) mass is 1220 g/mol. The Kier molecular flexibility index (Phi) is 35.0. The molecule has 0 radical (unpaired) electrons. The molecule has 0 unspecified atom stereocenters. The summed E-state index contributed by atoms with van der Waals surface area (Å²) < 4.78 is 9.26. The summed E-state index contributed by atoms with van der Waals surface area (Å²) in [5.74, 6) is 1.51. The number of aryl methyl sites for hydroxylation is 1. The van der Waals surface area contributed by atoms with Gasteiger partial charge in [-0.1, -0.05) is 66.7 Å². The molecule has 0 atom stereocenters. The Balaban J connectivity index is 0.000000220. The molecule has 11 aromatic rings. The van der Waals surface area contributed by atoms with Crippen molar-refractivity contribution in [3.63, 3.8) is 0 Å². The Labute approximate surface area is 532 Å². The third-order valence-corrected chi connectivity index (χ3v) is 11.9. The number of anilines is 4. The fourth-order valence-electron chi connectivity index (χ4n) is 7.25. The maximum atomic E-state index is 11.8. The molecule has 0 aliphatic carbocycles. The number of ether oxygens (including phenoxy) is 2. The molecule has 464 valence electrons. The van der Waals surface area contributed by atoms with Gasteiger partial charge < -0.3 is 29.7 Å². The number of hydrogen-bond acceptors (Lipinski definition) is 19. The third-order valence-electron chi connectivity index (χ3n) is 11.9. The zero-order valence-electron chi connectivity index (χ0n) is 51.9. The minimum absolute atomic E-state index is 0.0352. The summed E-state index contributed by atoms with van der Waals surface area (Å²) in [4.78, 5) is 72.6. The maximum absolute atomic E-state index is 11.8.